The molecule has 0 aliphatic carbocycles. The molecule has 172 valence electrons. The molecule has 0 saturated carbocycles. The predicted molar refractivity (Wildman–Crippen MR) is 135 cm³/mol. The standard InChI is InChI=1S/C29H34N2O2/c32-21-24(17-22-7-2-1-3-8-22)13-15-28(31-29(33)27-11-6-16-30-20-27)19-23-12-14-25-9-4-5-10-26(25)18-23/h1-5,7-10,12-15,18,24,27-28,30,32H,6,11,16-17,19-21H2,(H,31,33)/b15-13+. The van der Waals surface area contributed by atoms with E-state index in [0.717, 1.165) is 38.8 Å². The molecule has 0 spiro atoms. The van der Waals surface area contributed by atoms with Gasteiger partial charge in [-0.2, -0.15) is 0 Å². The number of carbonyl (C=O) groups is 1. The third-order valence-corrected chi connectivity index (χ3v) is 6.46. The summed E-state index contributed by atoms with van der Waals surface area (Å²) in [4.78, 5) is 13.0. The van der Waals surface area contributed by atoms with Crippen LogP contribution in [-0.4, -0.2) is 36.8 Å². The van der Waals surface area contributed by atoms with Crippen LogP contribution in [0.2, 0.25) is 0 Å². The third kappa shape index (κ3) is 6.77. The summed E-state index contributed by atoms with van der Waals surface area (Å²) in [6.07, 6.45) is 7.60. The molecule has 0 bridgehead atoms. The van der Waals surface area contributed by atoms with Crippen molar-refractivity contribution in [1.29, 1.82) is 0 Å². The van der Waals surface area contributed by atoms with Gasteiger partial charge in [0.15, 0.2) is 0 Å². The number of benzene rings is 3. The Morgan fingerprint density at radius 1 is 0.970 bits per heavy atom. The van der Waals surface area contributed by atoms with Crippen LogP contribution in [0.25, 0.3) is 10.8 Å². The molecule has 3 aromatic rings. The molecule has 4 nitrogen and oxygen atoms in total. The quantitative estimate of drug-likeness (QED) is 0.434. The van der Waals surface area contributed by atoms with Crippen molar-refractivity contribution in [2.45, 2.75) is 31.7 Å². The van der Waals surface area contributed by atoms with Gasteiger partial charge in [-0.15, -0.1) is 0 Å². The van der Waals surface area contributed by atoms with Gasteiger partial charge in [0.1, 0.15) is 0 Å². The van der Waals surface area contributed by atoms with E-state index in [1.165, 1.54) is 21.9 Å². The van der Waals surface area contributed by atoms with Gasteiger partial charge in [0.25, 0.3) is 0 Å². The highest BCUT2D eigenvalue weighted by Gasteiger charge is 2.23. The van der Waals surface area contributed by atoms with Gasteiger partial charge in [0.05, 0.1) is 12.0 Å². The first-order valence-corrected chi connectivity index (χ1v) is 12.0. The summed E-state index contributed by atoms with van der Waals surface area (Å²) in [6.45, 7) is 1.81. The summed E-state index contributed by atoms with van der Waals surface area (Å²) in [5.41, 5.74) is 2.39. The van der Waals surface area contributed by atoms with E-state index in [2.05, 4.69) is 71.3 Å². The molecule has 1 saturated heterocycles. The molecule has 3 atom stereocenters. The van der Waals surface area contributed by atoms with Gasteiger partial charge in [-0.1, -0.05) is 84.9 Å². The maximum atomic E-state index is 13.0. The summed E-state index contributed by atoms with van der Waals surface area (Å²) >= 11 is 0. The maximum Gasteiger partial charge on any atom is 0.224 e. The van der Waals surface area contributed by atoms with E-state index in [9.17, 15) is 9.90 Å². The average molecular weight is 443 g/mol. The zero-order chi connectivity index (χ0) is 22.9. The fourth-order valence-corrected chi connectivity index (χ4v) is 4.56. The molecule has 1 amide bonds. The van der Waals surface area contributed by atoms with Crippen molar-refractivity contribution in [3.8, 4) is 0 Å². The van der Waals surface area contributed by atoms with E-state index >= 15 is 0 Å². The molecule has 1 aliphatic rings. The zero-order valence-corrected chi connectivity index (χ0v) is 19.1. The summed E-state index contributed by atoms with van der Waals surface area (Å²) in [5.74, 6) is 0.144. The number of hydrogen-bond donors (Lipinski definition) is 3. The second kappa shape index (κ2) is 11.8. The lowest BCUT2D eigenvalue weighted by molar-refractivity contribution is -0.125. The molecule has 3 aromatic carbocycles. The van der Waals surface area contributed by atoms with Crippen LogP contribution >= 0.6 is 0 Å². The zero-order valence-electron chi connectivity index (χ0n) is 19.1. The van der Waals surface area contributed by atoms with E-state index in [1.807, 2.05) is 24.3 Å². The molecule has 4 rings (SSSR count). The Morgan fingerprint density at radius 3 is 2.52 bits per heavy atom. The predicted octanol–water partition coefficient (Wildman–Crippen LogP) is 4.27. The maximum absolute atomic E-state index is 13.0. The molecule has 3 unspecified atom stereocenters. The highest BCUT2D eigenvalue weighted by molar-refractivity contribution is 5.83. The molecule has 4 heteroatoms. The Balaban J connectivity index is 1.50. The van der Waals surface area contributed by atoms with E-state index in [-0.39, 0.29) is 30.4 Å². The lowest BCUT2D eigenvalue weighted by Crippen LogP contribution is -2.44. The molecular weight excluding hydrogens is 408 g/mol. The third-order valence-electron chi connectivity index (χ3n) is 6.46. The normalized spacial score (nSPS) is 18.3. The van der Waals surface area contributed by atoms with Crippen molar-refractivity contribution in [3.63, 3.8) is 0 Å². The molecule has 0 aromatic heterocycles. The average Bonchev–Trinajstić information content (AvgIpc) is 2.87. The van der Waals surface area contributed by atoms with Gasteiger partial charge in [-0.05, 0) is 54.1 Å². The summed E-state index contributed by atoms with van der Waals surface area (Å²) in [6, 6.07) is 24.9. The van der Waals surface area contributed by atoms with Crippen molar-refractivity contribution < 1.29 is 9.90 Å². The number of carbonyl (C=O) groups excluding carboxylic acids is 1. The van der Waals surface area contributed by atoms with Crippen LogP contribution in [0, 0.1) is 11.8 Å². The largest absolute Gasteiger partial charge is 0.396 e. The Bertz CT molecular complexity index is 1060. The molecular formula is C29H34N2O2. The minimum atomic E-state index is -0.120. The van der Waals surface area contributed by atoms with Crippen LogP contribution < -0.4 is 10.6 Å². The highest BCUT2D eigenvalue weighted by atomic mass is 16.3. The molecule has 3 N–H and O–H groups in total. The number of nitrogens with one attached hydrogen (secondary N) is 2. The number of hydrogen-bond acceptors (Lipinski definition) is 3. The van der Waals surface area contributed by atoms with E-state index < -0.39 is 0 Å². The van der Waals surface area contributed by atoms with Gasteiger partial charge in [0.2, 0.25) is 5.91 Å². The van der Waals surface area contributed by atoms with Crippen molar-refractivity contribution >= 4 is 16.7 Å². The topological polar surface area (TPSA) is 61.4 Å². The van der Waals surface area contributed by atoms with Gasteiger partial charge in [-0.3, -0.25) is 4.79 Å². The molecule has 0 radical (unpaired) electrons. The van der Waals surface area contributed by atoms with E-state index in [0.29, 0.717) is 0 Å². The number of aliphatic hydroxyl groups is 1. The fourth-order valence-electron chi connectivity index (χ4n) is 4.56. The monoisotopic (exact) mass is 442 g/mol. The summed E-state index contributed by atoms with van der Waals surface area (Å²) < 4.78 is 0. The Kier molecular flexibility index (Phi) is 8.29. The Morgan fingerprint density at radius 2 is 1.76 bits per heavy atom. The minimum absolute atomic E-state index is 0.0137. The van der Waals surface area contributed by atoms with Gasteiger partial charge in [-0.25, -0.2) is 0 Å². The first-order chi connectivity index (χ1) is 16.2. The van der Waals surface area contributed by atoms with Gasteiger partial charge in [0, 0.05) is 19.1 Å². The second-order valence-electron chi connectivity index (χ2n) is 9.06. The minimum Gasteiger partial charge on any atom is -0.396 e. The van der Waals surface area contributed by atoms with Crippen LogP contribution in [0.1, 0.15) is 24.0 Å². The number of amides is 1. The Hall–Kier alpha value is -2.95. The summed E-state index contributed by atoms with van der Waals surface area (Å²) in [7, 11) is 0. The smallest absolute Gasteiger partial charge is 0.224 e. The summed E-state index contributed by atoms with van der Waals surface area (Å²) in [5, 5.41) is 19.0. The fraction of sp³-hybridized carbons (Fsp3) is 0.345. The van der Waals surface area contributed by atoms with Crippen molar-refractivity contribution in [2.75, 3.05) is 19.7 Å². The second-order valence-corrected chi connectivity index (χ2v) is 9.06. The van der Waals surface area contributed by atoms with Crippen LogP contribution in [0.3, 0.4) is 0 Å². The van der Waals surface area contributed by atoms with Crippen LogP contribution in [-0.2, 0) is 17.6 Å². The molecule has 1 fully saturated rings. The lowest BCUT2D eigenvalue weighted by Gasteiger charge is -2.25. The van der Waals surface area contributed by atoms with Crippen LogP contribution in [0.4, 0.5) is 0 Å². The first-order valence-electron chi connectivity index (χ1n) is 12.0. The van der Waals surface area contributed by atoms with Crippen molar-refractivity contribution in [1.82, 2.24) is 10.6 Å². The number of aliphatic hydroxyl groups excluding tert-OH is 1. The van der Waals surface area contributed by atoms with Gasteiger partial charge < -0.3 is 15.7 Å². The lowest BCUT2D eigenvalue weighted by atomic mass is 9.95. The number of piperidine rings is 1. The van der Waals surface area contributed by atoms with Crippen LogP contribution in [0.15, 0.2) is 84.9 Å². The number of fused-ring (bicyclic) bond motifs is 1. The molecule has 1 heterocycles. The highest BCUT2D eigenvalue weighted by Crippen LogP contribution is 2.18. The van der Waals surface area contributed by atoms with E-state index in [4.69, 9.17) is 0 Å². The van der Waals surface area contributed by atoms with Crippen molar-refractivity contribution in [3.05, 3.63) is 96.1 Å². The van der Waals surface area contributed by atoms with E-state index in [1.54, 1.807) is 0 Å². The molecule has 33 heavy (non-hydrogen) atoms. The Labute approximate surface area is 196 Å². The van der Waals surface area contributed by atoms with Gasteiger partial charge >= 0.3 is 0 Å². The SMILES string of the molecule is O=C(NC(/C=C/C(CO)Cc1ccccc1)Cc1ccc2ccccc2c1)C1CCCNC1. The van der Waals surface area contributed by atoms with Crippen LogP contribution in [0.5, 0.6) is 0 Å². The first kappa shape index (κ1) is 23.2. The molecule has 1 aliphatic heterocycles. The number of rotatable bonds is 9. The van der Waals surface area contributed by atoms with Crippen molar-refractivity contribution in [2.24, 2.45) is 11.8 Å².